The number of hydrazine groups is 2. The summed E-state index contributed by atoms with van der Waals surface area (Å²) in [6, 6.07) is 14.6. The number of hydrogen-bond acceptors (Lipinski definition) is 8. The molecule has 1 fully saturated rings. The van der Waals surface area contributed by atoms with Crippen LogP contribution in [0.1, 0.15) is 25.0 Å². The smallest absolute Gasteiger partial charge is 0.221 e. The van der Waals surface area contributed by atoms with Crippen molar-refractivity contribution in [3.05, 3.63) is 59.7 Å². The molecule has 38 heavy (non-hydrogen) atoms. The van der Waals surface area contributed by atoms with E-state index in [9.17, 15) is 9.59 Å². The Morgan fingerprint density at radius 1 is 0.684 bits per heavy atom. The van der Waals surface area contributed by atoms with Crippen LogP contribution in [0.4, 0.5) is 11.4 Å². The zero-order valence-electron chi connectivity index (χ0n) is 21.0. The Balaban J connectivity index is 1.31. The summed E-state index contributed by atoms with van der Waals surface area (Å²) >= 11 is 10.6. The van der Waals surface area contributed by atoms with Crippen LogP contribution in [-0.4, -0.2) is 70.7 Å². The van der Waals surface area contributed by atoms with E-state index in [0.717, 1.165) is 22.5 Å². The fourth-order valence-electron chi connectivity index (χ4n) is 3.31. The molecular formula is C24H30N10O2S2. The summed E-state index contributed by atoms with van der Waals surface area (Å²) in [5, 5.41) is 18.5. The molecule has 3 rings (SSSR count). The summed E-state index contributed by atoms with van der Waals surface area (Å²) in [6.07, 6.45) is 3.29. The van der Waals surface area contributed by atoms with E-state index in [1.54, 1.807) is 36.7 Å². The van der Waals surface area contributed by atoms with Gasteiger partial charge in [0.25, 0.3) is 0 Å². The number of carbonyl (C=O) groups excluding carboxylic acids is 2. The van der Waals surface area contributed by atoms with Crippen molar-refractivity contribution in [2.45, 2.75) is 13.8 Å². The van der Waals surface area contributed by atoms with Crippen molar-refractivity contribution in [3.8, 4) is 0 Å². The number of anilines is 2. The highest BCUT2D eigenvalue weighted by Crippen LogP contribution is 2.08. The van der Waals surface area contributed by atoms with Gasteiger partial charge in [0.1, 0.15) is 0 Å². The van der Waals surface area contributed by atoms with Crippen LogP contribution in [0, 0.1) is 0 Å². The minimum absolute atomic E-state index is 0.116. The first-order chi connectivity index (χ1) is 18.3. The van der Waals surface area contributed by atoms with Gasteiger partial charge in [-0.05, 0) is 59.8 Å². The maximum atomic E-state index is 11.1. The highest BCUT2D eigenvalue weighted by atomic mass is 32.1. The molecule has 0 aliphatic carbocycles. The van der Waals surface area contributed by atoms with Gasteiger partial charge in [-0.2, -0.15) is 10.2 Å². The summed E-state index contributed by atoms with van der Waals surface area (Å²) in [4.78, 5) is 22.2. The zero-order chi connectivity index (χ0) is 27.3. The maximum Gasteiger partial charge on any atom is 0.221 e. The van der Waals surface area contributed by atoms with Gasteiger partial charge in [-0.25, -0.2) is 10.0 Å². The lowest BCUT2D eigenvalue weighted by atomic mass is 10.2. The summed E-state index contributed by atoms with van der Waals surface area (Å²) in [5.41, 5.74) is 15.0. The van der Waals surface area contributed by atoms with Gasteiger partial charge in [0, 0.05) is 51.4 Å². The van der Waals surface area contributed by atoms with E-state index in [-0.39, 0.29) is 11.8 Å². The van der Waals surface area contributed by atoms with Gasteiger partial charge in [-0.3, -0.25) is 31.3 Å². The van der Waals surface area contributed by atoms with Crippen molar-refractivity contribution in [3.63, 3.8) is 0 Å². The molecule has 1 saturated heterocycles. The molecule has 2 aromatic rings. The van der Waals surface area contributed by atoms with Crippen LogP contribution in [0.15, 0.2) is 58.7 Å². The molecule has 6 N–H and O–H groups in total. The van der Waals surface area contributed by atoms with Gasteiger partial charge in [0.15, 0.2) is 0 Å². The number of hydrazone groups is 2. The van der Waals surface area contributed by atoms with E-state index in [2.05, 4.69) is 42.5 Å². The SMILES string of the molecule is CC(=O)Nc1ccc(/C=N/NC(=S)NN2CCN(NC(=S)N/N=C/c3ccc(NC(C)=O)cc3)CC2)cc1. The van der Waals surface area contributed by atoms with Crippen LogP contribution in [0.5, 0.6) is 0 Å². The van der Waals surface area contributed by atoms with E-state index in [4.69, 9.17) is 24.4 Å². The fraction of sp³-hybridized carbons (Fsp3) is 0.250. The van der Waals surface area contributed by atoms with Crippen molar-refractivity contribution in [2.24, 2.45) is 10.2 Å². The number of amides is 2. The maximum absolute atomic E-state index is 11.1. The third kappa shape index (κ3) is 10.6. The second-order valence-electron chi connectivity index (χ2n) is 8.20. The van der Waals surface area contributed by atoms with Crippen molar-refractivity contribution in [1.29, 1.82) is 0 Å². The van der Waals surface area contributed by atoms with Crippen molar-refractivity contribution in [1.82, 2.24) is 31.7 Å². The molecule has 0 aromatic heterocycles. The predicted molar refractivity (Wildman–Crippen MR) is 158 cm³/mol. The fourth-order valence-corrected chi connectivity index (χ4v) is 3.67. The lowest BCUT2D eigenvalue weighted by Gasteiger charge is -2.35. The van der Waals surface area contributed by atoms with Crippen LogP contribution in [0.25, 0.3) is 0 Å². The number of nitrogens with zero attached hydrogens (tertiary/aromatic N) is 4. The molecule has 1 aliphatic heterocycles. The normalized spacial score (nSPS) is 14.2. The first-order valence-electron chi connectivity index (χ1n) is 11.7. The minimum Gasteiger partial charge on any atom is -0.326 e. The van der Waals surface area contributed by atoms with Gasteiger partial charge >= 0.3 is 0 Å². The molecule has 0 bridgehead atoms. The highest BCUT2D eigenvalue weighted by Gasteiger charge is 2.17. The average Bonchev–Trinajstić information content (AvgIpc) is 2.87. The van der Waals surface area contributed by atoms with Crippen LogP contribution >= 0.6 is 24.4 Å². The Morgan fingerprint density at radius 2 is 1.03 bits per heavy atom. The predicted octanol–water partition coefficient (Wildman–Crippen LogP) is 1.35. The molecule has 0 saturated carbocycles. The quantitative estimate of drug-likeness (QED) is 0.161. The lowest BCUT2D eigenvalue weighted by Crippen LogP contribution is -2.59. The lowest BCUT2D eigenvalue weighted by molar-refractivity contribution is -0.115. The third-order valence-electron chi connectivity index (χ3n) is 5.02. The Labute approximate surface area is 231 Å². The standard InChI is InChI=1S/C24H30N10O2S2/c1-17(35)27-21-7-3-19(4-8-21)15-25-29-23(37)31-33-11-13-34(14-12-33)32-24(38)30-26-16-20-5-9-22(10-6-20)28-18(2)36/h3-10,15-16H,11-14H2,1-2H3,(H,27,35)(H,28,36)(H2,29,31,37)(H2,30,32,38)/b25-15+,26-16+. The molecule has 0 unspecified atom stereocenters. The van der Waals surface area contributed by atoms with Crippen LogP contribution in [0.3, 0.4) is 0 Å². The van der Waals surface area contributed by atoms with Gasteiger partial charge in [-0.15, -0.1) is 0 Å². The molecule has 14 heteroatoms. The van der Waals surface area contributed by atoms with Gasteiger partial charge < -0.3 is 10.6 Å². The third-order valence-corrected chi connectivity index (χ3v) is 5.39. The van der Waals surface area contributed by atoms with Crippen molar-refractivity contribution < 1.29 is 9.59 Å². The van der Waals surface area contributed by atoms with Crippen LogP contribution in [0.2, 0.25) is 0 Å². The first-order valence-corrected chi connectivity index (χ1v) is 12.5. The van der Waals surface area contributed by atoms with E-state index in [1.165, 1.54) is 13.8 Å². The molecule has 0 radical (unpaired) electrons. The van der Waals surface area contributed by atoms with E-state index < -0.39 is 0 Å². The molecule has 1 heterocycles. The number of hydrogen-bond donors (Lipinski definition) is 6. The summed E-state index contributed by atoms with van der Waals surface area (Å²) in [5.74, 6) is -0.233. The number of benzene rings is 2. The van der Waals surface area contributed by atoms with Gasteiger partial charge in [0.2, 0.25) is 22.0 Å². The Kier molecular flexibility index (Phi) is 11.0. The van der Waals surface area contributed by atoms with Crippen LogP contribution in [-0.2, 0) is 9.59 Å². The summed E-state index contributed by atoms with van der Waals surface area (Å²) in [6.45, 7) is 5.75. The Bertz CT molecular complexity index is 1080. The number of carbonyl (C=O) groups is 2. The van der Waals surface area contributed by atoms with Crippen LogP contribution < -0.4 is 32.3 Å². The van der Waals surface area contributed by atoms with Gasteiger partial charge in [0.05, 0.1) is 12.4 Å². The number of piperazine rings is 1. The molecule has 1 aliphatic rings. The summed E-state index contributed by atoms with van der Waals surface area (Å²) in [7, 11) is 0. The average molecular weight is 555 g/mol. The molecule has 200 valence electrons. The Morgan fingerprint density at radius 3 is 1.34 bits per heavy atom. The largest absolute Gasteiger partial charge is 0.326 e. The van der Waals surface area contributed by atoms with Crippen molar-refractivity contribution >= 4 is 70.3 Å². The highest BCUT2D eigenvalue weighted by molar-refractivity contribution is 7.80. The molecule has 0 spiro atoms. The molecular weight excluding hydrogens is 524 g/mol. The summed E-state index contributed by atoms with van der Waals surface area (Å²) < 4.78 is 0. The molecule has 12 nitrogen and oxygen atoms in total. The van der Waals surface area contributed by atoms with Gasteiger partial charge in [-0.1, -0.05) is 24.3 Å². The molecule has 0 atom stereocenters. The number of rotatable bonds is 8. The monoisotopic (exact) mass is 554 g/mol. The number of nitrogens with one attached hydrogen (secondary N) is 6. The van der Waals surface area contributed by atoms with E-state index in [1.807, 2.05) is 34.3 Å². The molecule has 2 aromatic carbocycles. The zero-order valence-corrected chi connectivity index (χ0v) is 22.7. The number of thiocarbonyl (C=S) groups is 2. The second kappa shape index (κ2) is 14.7. The molecule has 2 amide bonds. The Hall–Kier alpha value is -3.98. The van der Waals surface area contributed by atoms with E-state index >= 15 is 0 Å². The van der Waals surface area contributed by atoms with E-state index in [0.29, 0.717) is 36.4 Å². The first kappa shape index (κ1) is 28.6. The second-order valence-corrected chi connectivity index (χ2v) is 9.02. The minimum atomic E-state index is -0.116. The topological polar surface area (TPSA) is 138 Å². The van der Waals surface area contributed by atoms with Crippen molar-refractivity contribution in [2.75, 3.05) is 36.8 Å².